The van der Waals surface area contributed by atoms with E-state index in [1.165, 1.54) is 6.08 Å². The smallest absolute Gasteiger partial charge is 0.407 e. The van der Waals surface area contributed by atoms with Crippen molar-refractivity contribution in [2.75, 3.05) is 6.54 Å². The Balaban J connectivity index is 2.93. The largest absolute Gasteiger partial charge is 0.481 e. The monoisotopic (exact) mass is 339 g/mol. The highest BCUT2D eigenvalue weighted by molar-refractivity contribution is 5.90. The molecular weight excluding hydrogens is 314 g/mol. The number of allylic oxidation sites excluding steroid dienone is 2. The summed E-state index contributed by atoms with van der Waals surface area (Å²) < 4.78 is 5.13. The Morgan fingerprint density at radius 2 is 1.92 bits per heavy atom. The van der Waals surface area contributed by atoms with Crippen LogP contribution >= 0.6 is 0 Å². The Morgan fingerprint density at radius 3 is 2.38 bits per heavy atom. The summed E-state index contributed by atoms with van der Waals surface area (Å²) in [5.74, 6) is -2.78. The molecule has 1 aliphatic rings. The number of carboxylic acid groups (broad SMARTS) is 2. The Morgan fingerprint density at radius 1 is 1.33 bits per heavy atom. The summed E-state index contributed by atoms with van der Waals surface area (Å²) in [6.45, 7) is 8.56. The maximum Gasteiger partial charge on any atom is 0.407 e. The normalized spacial score (nSPS) is 22.0. The number of rotatable bonds is 5. The van der Waals surface area contributed by atoms with Crippen LogP contribution in [0.25, 0.3) is 0 Å². The van der Waals surface area contributed by atoms with Crippen LogP contribution in [-0.4, -0.2) is 40.4 Å². The number of carbonyl (C=O) groups excluding carboxylic acids is 1. The minimum atomic E-state index is -1.39. The first-order valence-electron chi connectivity index (χ1n) is 7.71. The number of nitrogens with one attached hydrogen (secondary N) is 1. The van der Waals surface area contributed by atoms with E-state index in [1.807, 2.05) is 0 Å². The minimum Gasteiger partial charge on any atom is -0.481 e. The summed E-state index contributed by atoms with van der Waals surface area (Å²) in [5, 5.41) is 21.5. The van der Waals surface area contributed by atoms with Crippen LogP contribution in [0.1, 0.15) is 41.0 Å². The van der Waals surface area contributed by atoms with Gasteiger partial charge in [0.15, 0.2) is 0 Å². The SMILES string of the molecule is CC1=CC(C(=O)O)(C(C)CNC(=O)OC(C)(C)C)CC(C(=O)O)=C1. The van der Waals surface area contributed by atoms with E-state index < -0.39 is 35.0 Å². The third-order valence-corrected chi connectivity index (χ3v) is 3.87. The average molecular weight is 339 g/mol. The molecule has 0 saturated heterocycles. The number of alkyl carbamates (subject to hydrolysis) is 1. The maximum absolute atomic E-state index is 11.9. The van der Waals surface area contributed by atoms with Crippen LogP contribution in [0.15, 0.2) is 23.3 Å². The van der Waals surface area contributed by atoms with Crippen LogP contribution in [0.5, 0.6) is 0 Å². The van der Waals surface area contributed by atoms with Crippen molar-refractivity contribution in [2.45, 2.75) is 46.6 Å². The molecule has 0 aromatic heterocycles. The van der Waals surface area contributed by atoms with Crippen LogP contribution in [0, 0.1) is 11.3 Å². The van der Waals surface area contributed by atoms with Gasteiger partial charge >= 0.3 is 18.0 Å². The van der Waals surface area contributed by atoms with Gasteiger partial charge in [-0.2, -0.15) is 0 Å². The highest BCUT2D eigenvalue weighted by Gasteiger charge is 2.45. The van der Waals surface area contributed by atoms with Gasteiger partial charge in [-0.25, -0.2) is 9.59 Å². The summed E-state index contributed by atoms with van der Waals surface area (Å²) in [4.78, 5) is 34.9. The Labute approximate surface area is 141 Å². The predicted molar refractivity (Wildman–Crippen MR) is 87.6 cm³/mol. The first-order chi connectivity index (χ1) is 10.9. The van der Waals surface area contributed by atoms with Gasteiger partial charge in [0.25, 0.3) is 0 Å². The van der Waals surface area contributed by atoms with Crippen molar-refractivity contribution in [1.29, 1.82) is 0 Å². The Kier molecular flexibility index (Phi) is 5.81. The molecule has 3 N–H and O–H groups in total. The average Bonchev–Trinajstić information content (AvgIpc) is 2.41. The second-order valence-electron chi connectivity index (χ2n) is 7.17. The molecule has 0 saturated carbocycles. The number of hydrogen-bond acceptors (Lipinski definition) is 4. The fourth-order valence-corrected chi connectivity index (χ4v) is 2.67. The van der Waals surface area contributed by atoms with E-state index in [4.69, 9.17) is 4.74 Å². The zero-order chi connectivity index (χ0) is 18.7. The predicted octanol–water partition coefficient (Wildman–Crippen LogP) is 2.58. The van der Waals surface area contributed by atoms with Gasteiger partial charge in [-0.05, 0) is 46.1 Å². The van der Waals surface area contributed by atoms with Gasteiger partial charge < -0.3 is 20.3 Å². The zero-order valence-electron chi connectivity index (χ0n) is 14.7. The standard InChI is InChI=1S/C17H25NO6/c1-10-6-12(13(19)20)8-17(7-10,14(21)22)11(2)9-18-15(23)24-16(3,4)5/h6-7,11H,8-9H2,1-5H3,(H,18,23)(H,19,20)(H,21,22). The van der Waals surface area contributed by atoms with E-state index in [2.05, 4.69) is 5.32 Å². The molecule has 1 amide bonds. The molecule has 1 aliphatic carbocycles. The molecule has 0 bridgehead atoms. The molecule has 7 nitrogen and oxygen atoms in total. The van der Waals surface area contributed by atoms with E-state index in [0.717, 1.165) is 0 Å². The fourth-order valence-electron chi connectivity index (χ4n) is 2.67. The molecule has 0 spiro atoms. The highest BCUT2D eigenvalue weighted by atomic mass is 16.6. The van der Waals surface area contributed by atoms with Gasteiger partial charge in [0.1, 0.15) is 5.60 Å². The van der Waals surface area contributed by atoms with E-state index >= 15 is 0 Å². The van der Waals surface area contributed by atoms with E-state index in [9.17, 15) is 24.6 Å². The van der Waals surface area contributed by atoms with Crippen molar-refractivity contribution < 1.29 is 29.3 Å². The molecule has 1 rings (SSSR count). The lowest BCUT2D eigenvalue weighted by Crippen LogP contribution is -2.44. The van der Waals surface area contributed by atoms with Gasteiger partial charge in [-0.3, -0.25) is 4.79 Å². The van der Waals surface area contributed by atoms with Crippen LogP contribution in [0.4, 0.5) is 4.79 Å². The lowest BCUT2D eigenvalue weighted by molar-refractivity contribution is -0.149. The lowest BCUT2D eigenvalue weighted by atomic mass is 9.68. The van der Waals surface area contributed by atoms with Crippen LogP contribution in [-0.2, 0) is 14.3 Å². The molecule has 0 radical (unpaired) electrons. The van der Waals surface area contributed by atoms with Crippen molar-refractivity contribution >= 4 is 18.0 Å². The van der Waals surface area contributed by atoms with Crippen molar-refractivity contribution in [3.63, 3.8) is 0 Å². The van der Waals surface area contributed by atoms with E-state index in [1.54, 1.807) is 40.7 Å². The fraction of sp³-hybridized carbons (Fsp3) is 0.588. The van der Waals surface area contributed by atoms with Crippen LogP contribution in [0.3, 0.4) is 0 Å². The second kappa shape index (κ2) is 7.07. The third-order valence-electron chi connectivity index (χ3n) is 3.87. The number of hydrogen-bond donors (Lipinski definition) is 3. The van der Waals surface area contributed by atoms with Crippen molar-refractivity contribution in [1.82, 2.24) is 5.32 Å². The molecule has 2 atom stereocenters. The van der Waals surface area contributed by atoms with E-state index in [-0.39, 0.29) is 18.5 Å². The van der Waals surface area contributed by atoms with Gasteiger partial charge in [0.2, 0.25) is 0 Å². The molecule has 24 heavy (non-hydrogen) atoms. The first-order valence-corrected chi connectivity index (χ1v) is 7.71. The third kappa shape index (κ3) is 4.84. The summed E-state index contributed by atoms with van der Waals surface area (Å²) in [6, 6.07) is 0. The molecule has 134 valence electrons. The number of carboxylic acids is 2. The number of aliphatic carboxylic acids is 2. The van der Waals surface area contributed by atoms with Gasteiger partial charge in [0, 0.05) is 12.1 Å². The van der Waals surface area contributed by atoms with Crippen LogP contribution in [0.2, 0.25) is 0 Å². The molecule has 2 unspecified atom stereocenters. The topological polar surface area (TPSA) is 113 Å². The summed E-state index contributed by atoms with van der Waals surface area (Å²) in [6.07, 6.45) is 2.26. The molecular formula is C17H25NO6. The quantitative estimate of drug-likeness (QED) is 0.709. The number of carbonyl (C=O) groups is 3. The molecule has 0 fully saturated rings. The van der Waals surface area contributed by atoms with Crippen molar-refractivity contribution in [3.05, 3.63) is 23.3 Å². The lowest BCUT2D eigenvalue weighted by Gasteiger charge is -2.35. The summed E-state index contributed by atoms with van der Waals surface area (Å²) in [7, 11) is 0. The minimum absolute atomic E-state index is 0.0431. The Bertz CT molecular complexity index is 599. The number of ether oxygens (including phenoxy) is 1. The van der Waals surface area contributed by atoms with Crippen LogP contribution < -0.4 is 5.32 Å². The van der Waals surface area contributed by atoms with E-state index in [0.29, 0.717) is 5.57 Å². The summed E-state index contributed by atoms with van der Waals surface area (Å²) >= 11 is 0. The molecule has 0 aliphatic heterocycles. The zero-order valence-corrected chi connectivity index (χ0v) is 14.7. The molecule has 0 aromatic carbocycles. The summed E-state index contributed by atoms with van der Waals surface area (Å²) in [5.41, 5.74) is -1.42. The highest BCUT2D eigenvalue weighted by Crippen LogP contribution is 2.41. The van der Waals surface area contributed by atoms with Crippen molar-refractivity contribution in [3.8, 4) is 0 Å². The van der Waals surface area contributed by atoms with Gasteiger partial charge in [-0.15, -0.1) is 0 Å². The molecule has 7 heteroatoms. The van der Waals surface area contributed by atoms with Crippen molar-refractivity contribution in [2.24, 2.45) is 11.3 Å². The maximum atomic E-state index is 11.9. The second-order valence-corrected chi connectivity index (χ2v) is 7.17. The van der Waals surface area contributed by atoms with Gasteiger partial charge in [0.05, 0.1) is 5.41 Å². The molecule has 0 heterocycles. The number of amides is 1. The molecule has 0 aromatic rings. The first kappa shape index (κ1) is 19.7. The van der Waals surface area contributed by atoms with Gasteiger partial charge in [-0.1, -0.05) is 18.6 Å². The Hall–Kier alpha value is -2.31.